The number of halogens is 1. The van der Waals surface area contributed by atoms with Crippen LogP contribution >= 0.6 is 11.6 Å². The average Bonchev–Trinajstić information content (AvgIpc) is 2.73. The molecule has 0 spiro atoms. The highest BCUT2D eigenvalue weighted by molar-refractivity contribution is 6.32. The van der Waals surface area contributed by atoms with Crippen molar-refractivity contribution >= 4 is 23.2 Å². The number of pyridine rings is 1. The highest BCUT2D eigenvalue weighted by Gasteiger charge is 2.17. The van der Waals surface area contributed by atoms with Gasteiger partial charge in [0, 0.05) is 19.7 Å². The molecule has 1 amide bonds. The number of carbonyl (C=O) groups excluding carboxylic acids is 1. The van der Waals surface area contributed by atoms with Crippen molar-refractivity contribution in [1.82, 2.24) is 14.8 Å². The summed E-state index contributed by atoms with van der Waals surface area (Å²) in [5.74, 6) is -0.315. The maximum atomic E-state index is 11.4. The Balaban J connectivity index is 2.41. The van der Waals surface area contributed by atoms with Crippen LogP contribution in [0.5, 0.6) is 0 Å². The van der Waals surface area contributed by atoms with E-state index in [4.69, 9.17) is 11.6 Å². The summed E-state index contributed by atoms with van der Waals surface area (Å²) in [4.78, 5) is 16.8. The van der Waals surface area contributed by atoms with Crippen LogP contribution in [0.25, 0.3) is 5.69 Å². The molecule has 5 nitrogen and oxygen atoms in total. The number of rotatable bonds is 3. The van der Waals surface area contributed by atoms with E-state index >= 15 is 0 Å². The molecule has 2 rings (SSSR count). The largest absolute Gasteiger partial charge is 0.308 e. The van der Waals surface area contributed by atoms with E-state index in [-0.39, 0.29) is 11.1 Å². The molecule has 0 atom stereocenters. The van der Waals surface area contributed by atoms with Gasteiger partial charge in [0.05, 0.1) is 18.1 Å². The van der Waals surface area contributed by atoms with Crippen molar-refractivity contribution < 1.29 is 4.79 Å². The van der Waals surface area contributed by atoms with E-state index in [0.29, 0.717) is 12.2 Å². The van der Waals surface area contributed by atoms with E-state index in [1.54, 1.807) is 29.3 Å². The van der Waals surface area contributed by atoms with Gasteiger partial charge in [0.25, 0.3) is 0 Å². The number of nitrogens with zero attached hydrogens (tertiary/aromatic N) is 4. The van der Waals surface area contributed by atoms with Crippen LogP contribution in [0.4, 0.5) is 5.69 Å². The minimum Gasteiger partial charge on any atom is -0.308 e. The Kier molecular flexibility index (Phi) is 3.62. The zero-order chi connectivity index (χ0) is 13.1. The number of hydrogen-bond acceptors (Lipinski definition) is 3. The Bertz CT molecular complexity index is 552. The van der Waals surface area contributed by atoms with Crippen molar-refractivity contribution in [3.63, 3.8) is 0 Å². The summed E-state index contributed by atoms with van der Waals surface area (Å²) in [7, 11) is 0. The second kappa shape index (κ2) is 5.18. The van der Waals surface area contributed by atoms with Gasteiger partial charge < -0.3 is 4.90 Å². The molecule has 0 saturated carbocycles. The Labute approximate surface area is 110 Å². The third kappa shape index (κ3) is 2.36. The van der Waals surface area contributed by atoms with Crippen molar-refractivity contribution in [3.05, 3.63) is 42.8 Å². The summed E-state index contributed by atoms with van der Waals surface area (Å²) >= 11 is 6.04. The highest BCUT2D eigenvalue weighted by Crippen LogP contribution is 2.25. The van der Waals surface area contributed by atoms with Crippen LogP contribution in [0.2, 0.25) is 5.15 Å². The summed E-state index contributed by atoms with van der Waals surface area (Å²) in [5.41, 5.74) is 1.32. The number of carbonyl (C=O) groups is 1. The molecule has 0 aliphatic carbocycles. The van der Waals surface area contributed by atoms with Crippen molar-refractivity contribution in [3.8, 4) is 5.69 Å². The van der Waals surface area contributed by atoms with Gasteiger partial charge in [-0.25, -0.2) is 4.68 Å². The summed E-state index contributed by atoms with van der Waals surface area (Å²) in [6.07, 6.45) is 5.02. The maximum Gasteiger partial charge on any atom is 0.227 e. The quantitative estimate of drug-likeness (QED) is 0.852. The molecule has 0 fully saturated rings. The van der Waals surface area contributed by atoms with E-state index in [1.165, 1.54) is 4.90 Å². The molecule has 0 unspecified atom stereocenters. The lowest BCUT2D eigenvalue weighted by Crippen LogP contribution is -2.27. The zero-order valence-electron chi connectivity index (χ0n) is 9.88. The smallest absolute Gasteiger partial charge is 0.227 e. The third-order valence-electron chi connectivity index (χ3n) is 2.47. The van der Waals surface area contributed by atoms with Crippen molar-refractivity contribution in [2.24, 2.45) is 0 Å². The molecule has 0 saturated heterocycles. The Hall–Kier alpha value is -1.88. The normalized spacial score (nSPS) is 10.4. The molecule has 2 heterocycles. The molecule has 0 N–H and O–H groups in total. The Morgan fingerprint density at radius 1 is 1.61 bits per heavy atom. The molecular weight excluding hydrogens is 252 g/mol. The fourth-order valence-electron chi connectivity index (χ4n) is 1.63. The fraction of sp³-hybridized carbons (Fsp3) is 0.167. The lowest BCUT2D eigenvalue weighted by atomic mass is 10.4. The molecule has 2 aromatic heterocycles. The van der Waals surface area contributed by atoms with Crippen LogP contribution in [-0.2, 0) is 4.79 Å². The first-order chi connectivity index (χ1) is 8.63. The molecule has 0 aliphatic heterocycles. The van der Waals surface area contributed by atoms with E-state index in [9.17, 15) is 4.79 Å². The van der Waals surface area contributed by atoms with Gasteiger partial charge in [-0.15, -0.1) is 0 Å². The monoisotopic (exact) mass is 263 g/mol. The van der Waals surface area contributed by atoms with Gasteiger partial charge in [-0.05, 0) is 19.1 Å². The Morgan fingerprint density at radius 3 is 2.94 bits per heavy atom. The number of hydrogen-bond donors (Lipinski definition) is 0. The molecular formula is C12H12ClN4O. The lowest BCUT2D eigenvalue weighted by Gasteiger charge is -2.16. The number of anilines is 1. The van der Waals surface area contributed by atoms with Crippen LogP contribution in [0.1, 0.15) is 6.92 Å². The van der Waals surface area contributed by atoms with Crippen LogP contribution in [0.3, 0.4) is 0 Å². The predicted octanol–water partition coefficient (Wildman–Crippen LogP) is 2.11. The summed E-state index contributed by atoms with van der Waals surface area (Å²) in [6.45, 7) is 5.72. The van der Waals surface area contributed by atoms with E-state index in [1.807, 2.05) is 13.0 Å². The maximum absolute atomic E-state index is 11.4. The van der Waals surface area contributed by atoms with Crippen LogP contribution in [0, 0.1) is 6.92 Å². The topological polar surface area (TPSA) is 51.0 Å². The molecule has 1 radical (unpaired) electrons. The van der Waals surface area contributed by atoms with Gasteiger partial charge in [0.1, 0.15) is 5.69 Å². The van der Waals surface area contributed by atoms with Gasteiger partial charge in [0.2, 0.25) is 5.91 Å². The first kappa shape index (κ1) is 12.6. The van der Waals surface area contributed by atoms with Crippen molar-refractivity contribution in [2.45, 2.75) is 6.92 Å². The second-order valence-electron chi connectivity index (χ2n) is 3.60. The van der Waals surface area contributed by atoms with Crippen LogP contribution in [-0.4, -0.2) is 27.2 Å². The molecule has 0 aliphatic rings. The van der Waals surface area contributed by atoms with Crippen LogP contribution < -0.4 is 4.90 Å². The SMILES string of the molecule is [CH2]C(=O)N(CC)c1cn(-c2cccnc2)nc1Cl. The van der Waals surface area contributed by atoms with Gasteiger partial charge in [0.15, 0.2) is 5.15 Å². The second-order valence-corrected chi connectivity index (χ2v) is 3.96. The minimum atomic E-state index is -0.315. The zero-order valence-corrected chi connectivity index (χ0v) is 10.6. The first-order valence-electron chi connectivity index (χ1n) is 5.42. The summed E-state index contributed by atoms with van der Waals surface area (Å²) in [5, 5.41) is 4.41. The van der Waals surface area contributed by atoms with Crippen molar-refractivity contribution in [2.75, 3.05) is 11.4 Å². The third-order valence-corrected chi connectivity index (χ3v) is 2.74. The van der Waals surface area contributed by atoms with Crippen LogP contribution in [0.15, 0.2) is 30.7 Å². The Morgan fingerprint density at radius 2 is 2.39 bits per heavy atom. The highest BCUT2D eigenvalue weighted by atomic mass is 35.5. The van der Waals surface area contributed by atoms with Gasteiger partial charge in [-0.1, -0.05) is 11.6 Å². The average molecular weight is 264 g/mol. The molecule has 0 bridgehead atoms. The number of aromatic nitrogens is 3. The van der Waals surface area contributed by atoms with E-state index < -0.39 is 0 Å². The summed E-state index contributed by atoms with van der Waals surface area (Å²) in [6, 6.07) is 3.65. The molecule has 18 heavy (non-hydrogen) atoms. The summed E-state index contributed by atoms with van der Waals surface area (Å²) < 4.78 is 1.58. The van der Waals surface area contributed by atoms with E-state index in [2.05, 4.69) is 17.0 Å². The molecule has 2 aromatic rings. The minimum absolute atomic E-state index is 0.262. The van der Waals surface area contributed by atoms with Gasteiger partial charge >= 0.3 is 0 Å². The van der Waals surface area contributed by atoms with E-state index in [0.717, 1.165) is 5.69 Å². The lowest BCUT2D eigenvalue weighted by molar-refractivity contribution is -0.114. The molecule has 93 valence electrons. The predicted molar refractivity (Wildman–Crippen MR) is 69.8 cm³/mol. The molecule has 6 heteroatoms. The fourth-order valence-corrected chi connectivity index (χ4v) is 1.86. The first-order valence-corrected chi connectivity index (χ1v) is 5.80. The van der Waals surface area contributed by atoms with Gasteiger partial charge in [-0.2, -0.15) is 5.10 Å². The van der Waals surface area contributed by atoms with Gasteiger partial charge in [-0.3, -0.25) is 9.78 Å². The molecule has 0 aromatic carbocycles. The number of amides is 1. The van der Waals surface area contributed by atoms with Crippen molar-refractivity contribution in [1.29, 1.82) is 0 Å². The standard InChI is InChI=1S/C12H12ClN4O/c1-3-16(9(2)18)11-8-17(15-12(11)13)10-5-4-6-14-7-10/h4-8H,2-3H2,1H3.